The van der Waals surface area contributed by atoms with Crippen molar-refractivity contribution in [3.05, 3.63) is 66.1 Å². The molecule has 3 aromatic rings. The SMILES string of the molecule is CN=C(CO)C(=CN)c1ccc2cnc(NC(=O)c3ccnc(NCCN(C)C)c3)cc2c1. The normalized spacial score (nSPS) is 12.3. The van der Waals surface area contributed by atoms with E-state index in [4.69, 9.17) is 5.73 Å². The number of aliphatic imine (C=N–C) groups is 1. The number of aromatic nitrogens is 2. The van der Waals surface area contributed by atoms with Gasteiger partial charge in [-0.25, -0.2) is 9.97 Å². The van der Waals surface area contributed by atoms with E-state index in [9.17, 15) is 9.90 Å². The van der Waals surface area contributed by atoms with E-state index in [2.05, 4.69) is 30.5 Å². The Bertz CT molecular complexity index is 1190. The predicted octanol–water partition coefficient (Wildman–Crippen LogP) is 2.22. The summed E-state index contributed by atoms with van der Waals surface area (Å²) in [6.45, 7) is 1.36. The molecule has 0 radical (unpaired) electrons. The third kappa shape index (κ3) is 6.12. The topological polar surface area (TPSA) is 129 Å². The van der Waals surface area contributed by atoms with Crippen LogP contribution >= 0.6 is 0 Å². The number of hydrogen-bond acceptors (Lipinski definition) is 8. The van der Waals surface area contributed by atoms with E-state index < -0.39 is 0 Å². The van der Waals surface area contributed by atoms with Gasteiger partial charge in [-0.2, -0.15) is 0 Å². The summed E-state index contributed by atoms with van der Waals surface area (Å²) in [5, 5.41) is 17.4. The van der Waals surface area contributed by atoms with Gasteiger partial charge in [-0.3, -0.25) is 9.79 Å². The third-order valence-corrected chi connectivity index (χ3v) is 5.06. The van der Waals surface area contributed by atoms with Gasteiger partial charge in [0.05, 0.1) is 12.3 Å². The number of carbonyl (C=O) groups excluding carboxylic acids is 1. The molecule has 9 heteroatoms. The van der Waals surface area contributed by atoms with Gasteiger partial charge in [0.2, 0.25) is 0 Å². The molecule has 2 heterocycles. The highest BCUT2D eigenvalue weighted by Gasteiger charge is 2.11. The zero-order chi connectivity index (χ0) is 23.8. The van der Waals surface area contributed by atoms with Crippen LogP contribution in [0.25, 0.3) is 16.3 Å². The highest BCUT2D eigenvalue weighted by atomic mass is 16.3. The summed E-state index contributed by atoms with van der Waals surface area (Å²) in [5.41, 5.74) is 8.21. The molecular weight excluding hydrogens is 418 g/mol. The fourth-order valence-electron chi connectivity index (χ4n) is 3.28. The Hall–Kier alpha value is -3.82. The molecule has 0 aliphatic rings. The molecule has 0 aliphatic heterocycles. The number of carbonyl (C=O) groups is 1. The lowest BCUT2D eigenvalue weighted by Gasteiger charge is -2.12. The molecular formula is C24H29N7O2. The molecule has 2 aromatic heterocycles. The molecule has 1 aromatic carbocycles. The lowest BCUT2D eigenvalue weighted by molar-refractivity contribution is 0.102. The number of fused-ring (bicyclic) bond motifs is 1. The third-order valence-electron chi connectivity index (χ3n) is 5.06. The lowest BCUT2D eigenvalue weighted by atomic mass is 9.99. The molecule has 172 valence electrons. The van der Waals surface area contributed by atoms with Gasteiger partial charge in [-0.05, 0) is 49.3 Å². The van der Waals surface area contributed by atoms with Crippen LogP contribution in [0.2, 0.25) is 0 Å². The van der Waals surface area contributed by atoms with Crippen molar-refractivity contribution in [3.63, 3.8) is 0 Å². The number of amides is 1. The minimum absolute atomic E-state index is 0.215. The maximum Gasteiger partial charge on any atom is 0.257 e. The fourth-order valence-corrected chi connectivity index (χ4v) is 3.28. The Morgan fingerprint density at radius 3 is 2.64 bits per heavy atom. The first-order chi connectivity index (χ1) is 15.9. The van der Waals surface area contributed by atoms with Gasteiger partial charge < -0.3 is 26.4 Å². The molecule has 0 fully saturated rings. The quantitative estimate of drug-likeness (QED) is 0.370. The number of benzene rings is 1. The van der Waals surface area contributed by atoms with Gasteiger partial charge in [0, 0.05) is 55.3 Å². The van der Waals surface area contributed by atoms with Crippen LogP contribution in [-0.4, -0.2) is 72.4 Å². The van der Waals surface area contributed by atoms with Gasteiger partial charge in [0.15, 0.2) is 0 Å². The standard InChI is InChI=1S/C24H29N7O2/c1-26-21(15-32)20(13-25)16-4-5-18-14-29-23(12-19(18)10-16)30-24(33)17-6-7-27-22(11-17)28-8-9-31(2)3/h4-7,10-14,32H,8-9,15,25H2,1-3H3,(H,27,28)(H,29,30,33). The Kier molecular flexibility index (Phi) is 8.06. The second-order valence-electron chi connectivity index (χ2n) is 7.65. The number of aliphatic hydroxyl groups excluding tert-OH is 1. The summed E-state index contributed by atoms with van der Waals surface area (Å²) in [6, 6.07) is 10.9. The summed E-state index contributed by atoms with van der Waals surface area (Å²) in [4.78, 5) is 27.6. The minimum Gasteiger partial charge on any atom is -0.404 e. The first kappa shape index (κ1) is 23.8. The van der Waals surface area contributed by atoms with E-state index >= 15 is 0 Å². The number of rotatable bonds is 9. The average molecular weight is 448 g/mol. The smallest absolute Gasteiger partial charge is 0.257 e. The van der Waals surface area contributed by atoms with Crippen molar-refractivity contribution in [1.82, 2.24) is 14.9 Å². The number of nitrogens with two attached hydrogens (primary N) is 1. The molecule has 0 saturated carbocycles. The van der Waals surface area contributed by atoms with E-state index in [-0.39, 0.29) is 12.5 Å². The van der Waals surface area contributed by atoms with E-state index in [0.29, 0.717) is 28.5 Å². The molecule has 0 aliphatic carbocycles. The van der Waals surface area contributed by atoms with Crippen molar-refractivity contribution in [1.29, 1.82) is 0 Å². The highest BCUT2D eigenvalue weighted by molar-refractivity contribution is 6.24. The maximum absolute atomic E-state index is 12.8. The average Bonchev–Trinajstić information content (AvgIpc) is 2.82. The van der Waals surface area contributed by atoms with E-state index in [0.717, 1.165) is 29.4 Å². The monoisotopic (exact) mass is 447 g/mol. The van der Waals surface area contributed by atoms with Crippen LogP contribution in [0.1, 0.15) is 15.9 Å². The molecule has 0 bridgehead atoms. The summed E-state index contributed by atoms with van der Waals surface area (Å²) in [7, 11) is 5.60. The first-order valence-corrected chi connectivity index (χ1v) is 10.5. The molecule has 33 heavy (non-hydrogen) atoms. The molecule has 0 unspecified atom stereocenters. The summed E-state index contributed by atoms with van der Waals surface area (Å²) in [5.74, 6) is 0.784. The van der Waals surface area contributed by atoms with Gasteiger partial charge in [-0.15, -0.1) is 0 Å². The molecule has 5 N–H and O–H groups in total. The van der Waals surface area contributed by atoms with Crippen LogP contribution in [0.3, 0.4) is 0 Å². The number of pyridine rings is 2. The molecule has 0 spiro atoms. The second-order valence-corrected chi connectivity index (χ2v) is 7.65. The molecule has 3 rings (SSSR count). The van der Waals surface area contributed by atoms with E-state index in [1.165, 1.54) is 6.20 Å². The van der Waals surface area contributed by atoms with Crippen LogP contribution in [0.5, 0.6) is 0 Å². The number of hydrogen-bond donors (Lipinski definition) is 4. The van der Waals surface area contributed by atoms with Crippen molar-refractivity contribution >= 4 is 39.6 Å². The van der Waals surface area contributed by atoms with Crippen LogP contribution in [0.15, 0.2) is 60.0 Å². The van der Waals surface area contributed by atoms with Crippen molar-refractivity contribution in [2.45, 2.75) is 0 Å². The van der Waals surface area contributed by atoms with Crippen LogP contribution in [0.4, 0.5) is 11.6 Å². The number of anilines is 2. The Labute approximate surface area is 193 Å². The highest BCUT2D eigenvalue weighted by Crippen LogP contribution is 2.24. The largest absolute Gasteiger partial charge is 0.404 e. The number of aliphatic hydroxyl groups is 1. The van der Waals surface area contributed by atoms with E-state index in [1.54, 1.807) is 37.6 Å². The number of nitrogens with one attached hydrogen (secondary N) is 2. The van der Waals surface area contributed by atoms with Gasteiger partial charge in [-0.1, -0.05) is 12.1 Å². The van der Waals surface area contributed by atoms with Crippen LogP contribution in [-0.2, 0) is 0 Å². The van der Waals surface area contributed by atoms with Gasteiger partial charge in [0.25, 0.3) is 5.91 Å². The van der Waals surface area contributed by atoms with Gasteiger partial charge >= 0.3 is 0 Å². The summed E-state index contributed by atoms with van der Waals surface area (Å²) < 4.78 is 0. The maximum atomic E-state index is 12.8. The van der Waals surface area contributed by atoms with E-state index in [1.807, 2.05) is 32.3 Å². The molecule has 9 nitrogen and oxygen atoms in total. The lowest BCUT2D eigenvalue weighted by Crippen LogP contribution is -2.21. The van der Waals surface area contributed by atoms with Crippen molar-refractivity contribution < 1.29 is 9.90 Å². The Balaban J connectivity index is 1.80. The number of nitrogens with zero attached hydrogens (tertiary/aromatic N) is 4. The van der Waals surface area contributed by atoms with Crippen LogP contribution in [0, 0.1) is 0 Å². The predicted molar refractivity (Wildman–Crippen MR) is 134 cm³/mol. The van der Waals surface area contributed by atoms with Gasteiger partial charge in [0.1, 0.15) is 11.6 Å². The zero-order valence-corrected chi connectivity index (χ0v) is 19.0. The zero-order valence-electron chi connectivity index (χ0n) is 19.0. The fraction of sp³-hybridized carbons (Fsp3) is 0.250. The molecule has 1 amide bonds. The van der Waals surface area contributed by atoms with Crippen molar-refractivity contribution in [2.24, 2.45) is 10.7 Å². The van der Waals surface area contributed by atoms with Crippen molar-refractivity contribution in [2.75, 3.05) is 51.5 Å². The number of likely N-dealkylation sites (N-methyl/N-ethyl adjacent to an activating group) is 1. The summed E-state index contributed by atoms with van der Waals surface area (Å²) in [6.07, 6.45) is 4.72. The van der Waals surface area contributed by atoms with Crippen LogP contribution < -0.4 is 16.4 Å². The Morgan fingerprint density at radius 2 is 1.94 bits per heavy atom. The molecule has 0 saturated heterocycles. The molecule has 0 atom stereocenters. The van der Waals surface area contributed by atoms with Crippen molar-refractivity contribution in [3.8, 4) is 0 Å². The Morgan fingerprint density at radius 1 is 1.12 bits per heavy atom. The summed E-state index contributed by atoms with van der Waals surface area (Å²) >= 11 is 0. The first-order valence-electron chi connectivity index (χ1n) is 10.5. The second kappa shape index (κ2) is 11.2. The minimum atomic E-state index is -0.278.